The van der Waals surface area contributed by atoms with Gasteiger partial charge in [0.2, 0.25) is 11.8 Å². The largest absolute Gasteiger partial charge is 0.458 e. The van der Waals surface area contributed by atoms with Gasteiger partial charge >= 0.3 is 5.97 Å². The topological polar surface area (TPSA) is 79.0 Å². The maximum Gasteiger partial charge on any atom is 0.329 e. The van der Waals surface area contributed by atoms with Crippen molar-refractivity contribution in [1.82, 2.24) is 15.3 Å². The van der Waals surface area contributed by atoms with Gasteiger partial charge in [-0.1, -0.05) is 36.8 Å². The highest BCUT2D eigenvalue weighted by atomic mass is 16.6. The molecule has 1 aliphatic heterocycles. The molecule has 0 aromatic heterocycles. The second-order valence-corrected chi connectivity index (χ2v) is 7.68. The number of ether oxygens (including phenoxy) is 1. The van der Waals surface area contributed by atoms with Crippen LogP contribution in [0.1, 0.15) is 39.2 Å². The highest BCUT2D eigenvalue weighted by molar-refractivity contribution is 5.89. The predicted octanol–water partition coefficient (Wildman–Crippen LogP) is 1.49. The molecule has 0 bridgehead atoms. The highest BCUT2D eigenvalue weighted by Gasteiger charge is 2.37. The van der Waals surface area contributed by atoms with E-state index >= 15 is 0 Å². The van der Waals surface area contributed by atoms with Gasteiger partial charge in [-0.25, -0.2) is 9.80 Å². The van der Waals surface area contributed by atoms with Gasteiger partial charge in [-0.2, -0.15) is 0 Å². The van der Waals surface area contributed by atoms with Gasteiger partial charge in [0.25, 0.3) is 0 Å². The molecule has 0 radical (unpaired) electrons. The third-order valence-corrected chi connectivity index (χ3v) is 4.24. The molecule has 1 atom stereocenters. The number of hydrazine groups is 1. The van der Waals surface area contributed by atoms with Crippen molar-refractivity contribution in [1.29, 1.82) is 0 Å². The van der Waals surface area contributed by atoms with E-state index in [-0.39, 0.29) is 24.8 Å². The van der Waals surface area contributed by atoms with Gasteiger partial charge in [-0.05, 0) is 39.2 Å². The molecule has 1 saturated heterocycles. The Kier molecular flexibility index (Phi) is 7.05. The first-order chi connectivity index (χ1) is 13.2. The molecule has 2 rings (SSSR count). The van der Waals surface area contributed by atoms with Gasteiger partial charge in [0.1, 0.15) is 18.2 Å². The average Bonchev–Trinajstić information content (AvgIpc) is 3.11. The van der Waals surface area contributed by atoms with E-state index in [0.717, 1.165) is 10.6 Å². The number of carbonyl (C=O) groups is 3. The van der Waals surface area contributed by atoms with E-state index in [2.05, 4.69) is 11.5 Å². The molecule has 1 heterocycles. The molecule has 2 amide bonds. The predicted molar refractivity (Wildman–Crippen MR) is 104 cm³/mol. The number of terminal acetylenes is 1. The summed E-state index contributed by atoms with van der Waals surface area (Å²) in [6.45, 7) is 5.54. The average molecular weight is 385 g/mol. The van der Waals surface area contributed by atoms with Crippen LogP contribution in [0.4, 0.5) is 0 Å². The third kappa shape index (κ3) is 6.02. The van der Waals surface area contributed by atoms with Gasteiger partial charge in [-0.15, -0.1) is 0 Å². The fraction of sp³-hybridized carbons (Fsp3) is 0.476. The SMILES string of the molecule is C#CNN(CC(=O)N1CCC[C@H]1C(=O)OC(C)(C)C)C(=O)Cc1ccccc1. The highest BCUT2D eigenvalue weighted by Crippen LogP contribution is 2.21. The van der Waals surface area contributed by atoms with Crippen molar-refractivity contribution in [3.05, 3.63) is 35.9 Å². The first-order valence-electron chi connectivity index (χ1n) is 9.29. The molecule has 1 aromatic carbocycles. The normalized spacial score (nSPS) is 16.2. The number of esters is 1. The molecule has 7 heteroatoms. The molecule has 0 unspecified atom stereocenters. The number of likely N-dealkylation sites (tertiary alicyclic amines) is 1. The molecule has 1 N–H and O–H groups in total. The van der Waals surface area contributed by atoms with Gasteiger partial charge in [-0.3, -0.25) is 15.0 Å². The summed E-state index contributed by atoms with van der Waals surface area (Å²) >= 11 is 0. The Bertz CT molecular complexity index is 749. The van der Waals surface area contributed by atoms with Crippen LogP contribution in [0, 0.1) is 12.5 Å². The van der Waals surface area contributed by atoms with E-state index in [4.69, 9.17) is 11.2 Å². The lowest BCUT2D eigenvalue weighted by atomic mass is 10.1. The zero-order valence-electron chi connectivity index (χ0n) is 16.6. The van der Waals surface area contributed by atoms with E-state index in [0.29, 0.717) is 19.4 Å². The van der Waals surface area contributed by atoms with Gasteiger partial charge in [0, 0.05) is 12.6 Å². The van der Waals surface area contributed by atoms with Crippen LogP contribution in [0.3, 0.4) is 0 Å². The minimum atomic E-state index is -0.636. The van der Waals surface area contributed by atoms with E-state index in [9.17, 15) is 14.4 Å². The second-order valence-electron chi connectivity index (χ2n) is 7.68. The fourth-order valence-electron chi connectivity index (χ4n) is 3.04. The van der Waals surface area contributed by atoms with E-state index < -0.39 is 17.6 Å². The summed E-state index contributed by atoms with van der Waals surface area (Å²) in [6.07, 6.45) is 6.64. The van der Waals surface area contributed by atoms with Crippen LogP contribution in [0.2, 0.25) is 0 Å². The van der Waals surface area contributed by atoms with Crippen molar-refractivity contribution in [3.63, 3.8) is 0 Å². The van der Waals surface area contributed by atoms with Crippen LogP contribution < -0.4 is 5.43 Å². The van der Waals surface area contributed by atoms with Crippen LogP contribution in [-0.4, -0.2) is 52.4 Å². The lowest BCUT2D eigenvalue weighted by molar-refractivity contribution is -0.163. The van der Waals surface area contributed by atoms with Crippen LogP contribution in [0.15, 0.2) is 30.3 Å². The summed E-state index contributed by atoms with van der Waals surface area (Å²) in [4.78, 5) is 39.2. The maximum absolute atomic E-state index is 12.8. The van der Waals surface area contributed by atoms with E-state index in [1.165, 1.54) is 4.90 Å². The number of benzene rings is 1. The van der Waals surface area contributed by atoms with Crippen molar-refractivity contribution < 1.29 is 19.1 Å². The Morgan fingerprint density at radius 1 is 1.29 bits per heavy atom. The number of hydrogen-bond donors (Lipinski definition) is 1. The third-order valence-electron chi connectivity index (χ3n) is 4.24. The maximum atomic E-state index is 12.8. The molecule has 0 aliphatic carbocycles. The summed E-state index contributed by atoms with van der Waals surface area (Å²) < 4.78 is 5.42. The van der Waals surface area contributed by atoms with Crippen LogP contribution in [0.5, 0.6) is 0 Å². The lowest BCUT2D eigenvalue weighted by Gasteiger charge is -2.29. The first-order valence-corrected chi connectivity index (χ1v) is 9.29. The van der Waals surface area contributed by atoms with Gasteiger partial charge in [0.05, 0.1) is 6.42 Å². The van der Waals surface area contributed by atoms with E-state index in [1.54, 1.807) is 20.8 Å². The molecule has 1 fully saturated rings. The Hall–Kier alpha value is -3.01. The Balaban J connectivity index is 2.03. The molecule has 0 spiro atoms. The molecule has 7 nitrogen and oxygen atoms in total. The van der Waals surface area contributed by atoms with Crippen molar-refractivity contribution in [3.8, 4) is 12.5 Å². The Morgan fingerprint density at radius 2 is 1.96 bits per heavy atom. The van der Waals surface area contributed by atoms with Crippen molar-refractivity contribution in [2.45, 2.75) is 51.7 Å². The molecular formula is C21H27N3O4. The Morgan fingerprint density at radius 3 is 2.57 bits per heavy atom. The fourth-order valence-corrected chi connectivity index (χ4v) is 3.04. The molecule has 1 aliphatic rings. The van der Waals surface area contributed by atoms with Crippen LogP contribution >= 0.6 is 0 Å². The summed E-state index contributed by atoms with van der Waals surface area (Å²) in [5.74, 6) is -1.10. The molecular weight excluding hydrogens is 358 g/mol. The zero-order valence-corrected chi connectivity index (χ0v) is 16.6. The minimum Gasteiger partial charge on any atom is -0.458 e. The smallest absolute Gasteiger partial charge is 0.329 e. The van der Waals surface area contributed by atoms with Gasteiger partial charge in [0.15, 0.2) is 0 Å². The number of rotatable bonds is 6. The number of hydrogen-bond acceptors (Lipinski definition) is 5. The summed E-state index contributed by atoms with van der Waals surface area (Å²) in [5, 5.41) is 1.11. The lowest BCUT2D eigenvalue weighted by Crippen LogP contribution is -2.51. The number of nitrogens with zero attached hydrogens (tertiary/aromatic N) is 2. The van der Waals surface area contributed by atoms with Crippen molar-refractivity contribution >= 4 is 17.8 Å². The molecule has 0 saturated carbocycles. The minimum absolute atomic E-state index is 0.109. The van der Waals surface area contributed by atoms with Crippen molar-refractivity contribution in [2.24, 2.45) is 0 Å². The number of amides is 2. The standard InChI is InChI=1S/C21H27N3O4/c1-5-22-24(18(25)14-16-10-7-6-8-11-16)15-19(26)23-13-9-12-17(23)20(27)28-21(2,3)4/h1,6-8,10-11,17,22H,9,12-15H2,2-4H3/t17-/m0/s1. The van der Waals surface area contributed by atoms with Crippen molar-refractivity contribution in [2.75, 3.05) is 13.1 Å². The summed E-state index contributed by atoms with van der Waals surface area (Å²) in [6, 6.07) is 10.7. The molecule has 28 heavy (non-hydrogen) atoms. The molecule has 150 valence electrons. The Labute approximate surface area is 166 Å². The number of carbonyl (C=O) groups excluding carboxylic acids is 3. The second kappa shape index (κ2) is 9.27. The molecule has 1 aromatic rings. The first kappa shape index (κ1) is 21.3. The zero-order chi connectivity index (χ0) is 20.7. The summed E-state index contributed by atoms with van der Waals surface area (Å²) in [7, 11) is 0. The quantitative estimate of drug-likeness (QED) is 0.347. The van der Waals surface area contributed by atoms with Crippen LogP contribution in [-0.2, 0) is 25.5 Å². The van der Waals surface area contributed by atoms with E-state index in [1.807, 2.05) is 30.3 Å². The number of nitrogens with one attached hydrogen (secondary N) is 1. The summed E-state index contributed by atoms with van der Waals surface area (Å²) in [5.41, 5.74) is 2.68. The monoisotopic (exact) mass is 385 g/mol. The van der Waals surface area contributed by atoms with Gasteiger partial charge < -0.3 is 9.64 Å². The van der Waals surface area contributed by atoms with Crippen LogP contribution in [0.25, 0.3) is 0 Å².